The zero-order valence-corrected chi connectivity index (χ0v) is 12.8. The second-order valence-corrected chi connectivity index (χ2v) is 5.39. The Balaban J connectivity index is 2.05. The number of aromatic nitrogens is 3. The molecule has 0 fully saturated rings. The van der Waals surface area contributed by atoms with Crippen molar-refractivity contribution in [3.8, 4) is 11.1 Å². The summed E-state index contributed by atoms with van der Waals surface area (Å²) in [5, 5.41) is 11.3. The lowest BCUT2D eigenvalue weighted by Gasteiger charge is -2.06. The van der Waals surface area contributed by atoms with E-state index in [4.69, 9.17) is 11.6 Å². The fourth-order valence-corrected chi connectivity index (χ4v) is 2.58. The molecular formula is C16H15ClN4O. The van der Waals surface area contributed by atoms with Crippen molar-refractivity contribution in [1.29, 1.82) is 0 Å². The minimum Gasteiger partial charge on any atom is -0.309 e. The first-order chi connectivity index (χ1) is 10.7. The van der Waals surface area contributed by atoms with Crippen molar-refractivity contribution < 1.29 is 4.79 Å². The molecule has 22 heavy (non-hydrogen) atoms. The molecule has 0 radical (unpaired) electrons. The number of hydrogen-bond acceptors (Lipinski definition) is 3. The van der Waals surface area contributed by atoms with Crippen LogP contribution in [-0.4, -0.2) is 21.1 Å². The molecule has 6 heteroatoms. The first kappa shape index (κ1) is 14.5. The summed E-state index contributed by atoms with van der Waals surface area (Å²) in [5.74, 6) is 0.483. The first-order valence-electron chi connectivity index (χ1n) is 7.07. The Kier molecular flexibility index (Phi) is 4.06. The molecule has 0 aliphatic heterocycles. The lowest BCUT2D eigenvalue weighted by molar-refractivity contribution is -0.116. The van der Waals surface area contributed by atoms with Crippen molar-refractivity contribution >= 4 is 34.2 Å². The maximum atomic E-state index is 11.8. The third-order valence-corrected chi connectivity index (χ3v) is 3.69. The van der Waals surface area contributed by atoms with Gasteiger partial charge in [-0.1, -0.05) is 18.5 Å². The number of aromatic amines is 1. The van der Waals surface area contributed by atoms with Gasteiger partial charge in [-0.2, -0.15) is 5.10 Å². The lowest BCUT2D eigenvalue weighted by atomic mass is 10.0. The predicted octanol–water partition coefficient (Wildman–Crippen LogP) is 4.02. The standard InChI is InChI=1S/C16H15ClN4O/c1-2-3-15(22)19-16-12-8-11(10-4-6-18-7-5-10)13(17)9-14(12)20-21-16/h4-9H,2-3H2,1H3,(H2,19,20,21,22). The molecule has 0 bridgehead atoms. The highest BCUT2D eigenvalue weighted by molar-refractivity contribution is 6.34. The molecule has 3 aromatic rings. The maximum absolute atomic E-state index is 11.8. The predicted molar refractivity (Wildman–Crippen MR) is 87.9 cm³/mol. The summed E-state index contributed by atoms with van der Waals surface area (Å²) in [4.78, 5) is 15.8. The Morgan fingerprint density at radius 3 is 2.82 bits per heavy atom. The van der Waals surface area contributed by atoms with Crippen LogP contribution in [0.5, 0.6) is 0 Å². The summed E-state index contributed by atoms with van der Waals surface area (Å²) < 4.78 is 0. The normalized spacial score (nSPS) is 10.8. The van der Waals surface area contributed by atoms with Crippen molar-refractivity contribution in [1.82, 2.24) is 15.2 Å². The number of carbonyl (C=O) groups excluding carboxylic acids is 1. The fourth-order valence-electron chi connectivity index (χ4n) is 2.31. The monoisotopic (exact) mass is 314 g/mol. The fraction of sp³-hybridized carbons (Fsp3) is 0.188. The van der Waals surface area contributed by atoms with Gasteiger partial charge >= 0.3 is 0 Å². The topological polar surface area (TPSA) is 70.7 Å². The van der Waals surface area contributed by atoms with Gasteiger partial charge in [-0.05, 0) is 36.2 Å². The van der Waals surface area contributed by atoms with Gasteiger partial charge in [0.2, 0.25) is 5.91 Å². The number of nitrogens with zero attached hydrogens (tertiary/aromatic N) is 2. The van der Waals surface area contributed by atoms with Gasteiger partial charge in [0.1, 0.15) is 0 Å². The summed E-state index contributed by atoms with van der Waals surface area (Å²) in [6.45, 7) is 1.96. The van der Waals surface area contributed by atoms with E-state index in [1.807, 2.05) is 31.2 Å². The molecule has 112 valence electrons. The molecule has 0 aliphatic rings. The number of carbonyl (C=O) groups is 1. The van der Waals surface area contributed by atoms with Gasteiger partial charge in [0, 0.05) is 29.8 Å². The van der Waals surface area contributed by atoms with Crippen molar-refractivity contribution in [2.75, 3.05) is 5.32 Å². The highest BCUT2D eigenvalue weighted by Crippen LogP contribution is 2.33. The number of amides is 1. The van der Waals surface area contributed by atoms with Crippen molar-refractivity contribution in [3.05, 3.63) is 41.7 Å². The Morgan fingerprint density at radius 1 is 1.32 bits per heavy atom. The number of pyridine rings is 1. The van der Waals surface area contributed by atoms with E-state index in [2.05, 4.69) is 20.5 Å². The summed E-state index contributed by atoms with van der Waals surface area (Å²) in [6, 6.07) is 7.53. The molecule has 2 heterocycles. The van der Waals surface area contributed by atoms with Crippen LogP contribution >= 0.6 is 11.6 Å². The summed E-state index contributed by atoms with van der Waals surface area (Å²) in [7, 11) is 0. The van der Waals surface area contributed by atoms with Crippen LogP contribution in [0.25, 0.3) is 22.0 Å². The number of halogens is 1. The molecular weight excluding hydrogens is 300 g/mol. The van der Waals surface area contributed by atoms with E-state index in [1.165, 1.54) is 0 Å². The third-order valence-electron chi connectivity index (χ3n) is 3.38. The second-order valence-electron chi connectivity index (χ2n) is 4.98. The Hall–Kier alpha value is -2.40. The number of H-pyrrole nitrogens is 1. The van der Waals surface area contributed by atoms with Gasteiger partial charge in [0.25, 0.3) is 0 Å². The molecule has 5 nitrogen and oxygen atoms in total. The molecule has 2 aromatic heterocycles. The number of fused-ring (bicyclic) bond motifs is 1. The molecule has 0 aliphatic carbocycles. The smallest absolute Gasteiger partial charge is 0.225 e. The van der Waals surface area contributed by atoms with Crippen LogP contribution in [0.4, 0.5) is 5.82 Å². The quantitative estimate of drug-likeness (QED) is 0.764. The largest absolute Gasteiger partial charge is 0.309 e. The molecule has 1 aromatic carbocycles. The molecule has 0 atom stereocenters. The number of hydrogen-bond donors (Lipinski definition) is 2. The van der Waals surface area contributed by atoms with Crippen LogP contribution in [0.3, 0.4) is 0 Å². The molecule has 0 spiro atoms. The average Bonchev–Trinajstić information content (AvgIpc) is 2.89. The van der Waals surface area contributed by atoms with E-state index in [9.17, 15) is 4.79 Å². The van der Waals surface area contributed by atoms with Crippen LogP contribution in [0.2, 0.25) is 5.02 Å². The lowest BCUT2D eigenvalue weighted by Crippen LogP contribution is -2.11. The molecule has 0 saturated heterocycles. The zero-order valence-electron chi connectivity index (χ0n) is 12.1. The van der Waals surface area contributed by atoms with Gasteiger partial charge in [-0.25, -0.2) is 0 Å². The van der Waals surface area contributed by atoms with Gasteiger partial charge in [-0.3, -0.25) is 14.9 Å². The van der Waals surface area contributed by atoms with Crippen molar-refractivity contribution in [3.63, 3.8) is 0 Å². The van der Waals surface area contributed by atoms with Crippen molar-refractivity contribution in [2.24, 2.45) is 0 Å². The average molecular weight is 315 g/mol. The molecule has 0 saturated carbocycles. The number of benzene rings is 1. The highest BCUT2D eigenvalue weighted by atomic mass is 35.5. The van der Waals surface area contributed by atoms with Gasteiger partial charge < -0.3 is 5.32 Å². The third kappa shape index (κ3) is 2.80. The van der Waals surface area contributed by atoms with E-state index >= 15 is 0 Å². The van der Waals surface area contributed by atoms with Crippen molar-refractivity contribution in [2.45, 2.75) is 19.8 Å². The zero-order chi connectivity index (χ0) is 15.5. The van der Waals surface area contributed by atoms with Crippen LogP contribution in [0.1, 0.15) is 19.8 Å². The van der Waals surface area contributed by atoms with E-state index in [-0.39, 0.29) is 5.91 Å². The molecule has 2 N–H and O–H groups in total. The minimum atomic E-state index is -0.0451. The summed E-state index contributed by atoms with van der Waals surface area (Å²) >= 11 is 6.35. The van der Waals surface area contributed by atoms with Gasteiger partial charge in [0.05, 0.1) is 10.5 Å². The Morgan fingerprint density at radius 2 is 2.09 bits per heavy atom. The van der Waals surface area contributed by atoms with Crippen LogP contribution < -0.4 is 5.32 Å². The van der Waals surface area contributed by atoms with Gasteiger partial charge in [0.15, 0.2) is 5.82 Å². The first-order valence-corrected chi connectivity index (χ1v) is 7.44. The van der Waals surface area contributed by atoms with E-state index in [0.717, 1.165) is 28.5 Å². The van der Waals surface area contributed by atoms with E-state index in [1.54, 1.807) is 12.4 Å². The molecule has 1 amide bonds. The number of anilines is 1. The number of nitrogens with one attached hydrogen (secondary N) is 2. The Bertz CT molecular complexity index is 814. The van der Waals surface area contributed by atoms with Crippen LogP contribution in [-0.2, 0) is 4.79 Å². The minimum absolute atomic E-state index is 0.0451. The summed E-state index contributed by atoms with van der Waals surface area (Å²) in [5.41, 5.74) is 2.63. The SMILES string of the molecule is CCCC(=O)Nc1n[nH]c2cc(Cl)c(-c3ccncc3)cc12. The second kappa shape index (κ2) is 6.15. The van der Waals surface area contributed by atoms with Crippen LogP contribution in [0, 0.1) is 0 Å². The molecule has 3 rings (SSSR count). The highest BCUT2D eigenvalue weighted by Gasteiger charge is 2.13. The van der Waals surface area contributed by atoms with Gasteiger partial charge in [-0.15, -0.1) is 0 Å². The maximum Gasteiger partial charge on any atom is 0.225 e. The Labute approximate surface area is 132 Å². The van der Waals surface area contributed by atoms with E-state index < -0.39 is 0 Å². The summed E-state index contributed by atoms with van der Waals surface area (Å²) in [6.07, 6.45) is 4.70. The van der Waals surface area contributed by atoms with Crippen LogP contribution in [0.15, 0.2) is 36.7 Å². The molecule has 0 unspecified atom stereocenters. The number of rotatable bonds is 4. The van der Waals surface area contributed by atoms with E-state index in [0.29, 0.717) is 17.3 Å².